The van der Waals surface area contributed by atoms with Crippen LogP contribution in [0.15, 0.2) is 22.7 Å². The van der Waals surface area contributed by atoms with Crippen molar-refractivity contribution in [2.24, 2.45) is 0 Å². The van der Waals surface area contributed by atoms with Gasteiger partial charge in [0, 0.05) is 48.2 Å². The van der Waals surface area contributed by atoms with Gasteiger partial charge < -0.3 is 10.2 Å². The van der Waals surface area contributed by atoms with Gasteiger partial charge in [-0.25, -0.2) is 0 Å². The summed E-state index contributed by atoms with van der Waals surface area (Å²) >= 11 is 3.24. The lowest BCUT2D eigenvalue weighted by Gasteiger charge is -2.21. The van der Waals surface area contributed by atoms with Crippen LogP contribution >= 0.6 is 15.9 Å². The van der Waals surface area contributed by atoms with E-state index in [0.717, 1.165) is 13.0 Å². The Balaban J connectivity index is 1.93. The van der Waals surface area contributed by atoms with Gasteiger partial charge in [0.2, 0.25) is 5.91 Å². The molecule has 0 aliphatic carbocycles. The third-order valence-electron chi connectivity index (χ3n) is 3.55. The first kappa shape index (κ1) is 15.9. The standard InChI is InChI=1S/C14H18BrN3O3/c1-10(9-17-6-2-3-14(17)19)16-8-11-4-5-12(15)7-13(11)18(20)21/h4-5,7,10,16H,2-3,6,8-9H2,1H3. The van der Waals surface area contributed by atoms with E-state index in [1.54, 1.807) is 12.1 Å². The molecule has 1 N–H and O–H groups in total. The maximum Gasteiger partial charge on any atom is 0.275 e. The second kappa shape index (κ2) is 7.00. The van der Waals surface area contributed by atoms with E-state index in [4.69, 9.17) is 0 Å². The van der Waals surface area contributed by atoms with Gasteiger partial charge in [-0.1, -0.05) is 15.9 Å². The van der Waals surface area contributed by atoms with E-state index < -0.39 is 0 Å². The quantitative estimate of drug-likeness (QED) is 0.628. The second-order valence-corrected chi connectivity index (χ2v) is 6.17. The van der Waals surface area contributed by atoms with E-state index in [9.17, 15) is 14.9 Å². The van der Waals surface area contributed by atoms with Crippen molar-refractivity contribution in [1.29, 1.82) is 0 Å². The van der Waals surface area contributed by atoms with Gasteiger partial charge in [-0.3, -0.25) is 14.9 Å². The smallest absolute Gasteiger partial charge is 0.275 e. The minimum absolute atomic E-state index is 0.0929. The fourth-order valence-corrected chi connectivity index (χ4v) is 2.78. The number of nitrogens with zero attached hydrogens (tertiary/aromatic N) is 2. The lowest BCUT2D eigenvalue weighted by atomic mass is 10.1. The van der Waals surface area contributed by atoms with Gasteiger partial charge in [0.1, 0.15) is 0 Å². The number of carbonyl (C=O) groups excluding carboxylic acids is 1. The molecule has 0 aromatic heterocycles. The number of hydrogen-bond donors (Lipinski definition) is 1. The molecule has 1 fully saturated rings. The Bertz CT molecular complexity index is 550. The summed E-state index contributed by atoms with van der Waals surface area (Å²) in [6.45, 7) is 3.84. The van der Waals surface area contributed by atoms with Crippen molar-refractivity contribution in [1.82, 2.24) is 10.2 Å². The van der Waals surface area contributed by atoms with E-state index >= 15 is 0 Å². The molecule has 1 amide bonds. The second-order valence-electron chi connectivity index (χ2n) is 5.26. The van der Waals surface area contributed by atoms with Crippen LogP contribution in [0.2, 0.25) is 0 Å². The molecule has 1 aliphatic heterocycles. The Morgan fingerprint density at radius 1 is 1.52 bits per heavy atom. The van der Waals surface area contributed by atoms with Gasteiger partial charge in [-0.2, -0.15) is 0 Å². The van der Waals surface area contributed by atoms with Gasteiger partial charge in [-0.15, -0.1) is 0 Å². The fourth-order valence-electron chi connectivity index (χ4n) is 2.43. The van der Waals surface area contributed by atoms with Gasteiger partial charge in [0.15, 0.2) is 0 Å². The molecular formula is C14H18BrN3O3. The Kier molecular flexibility index (Phi) is 5.30. The van der Waals surface area contributed by atoms with Crippen molar-refractivity contribution < 1.29 is 9.72 Å². The zero-order valence-corrected chi connectivity index (χ0v) is 13.4. The van der Waals surface area contributed by atoms with Crippen LogP contribution in [-0.2, 0) is 11.3 Å². The van der Waals surface area contributed by atoms with E-state index in [-0.39, 0.29) is 22.6 Å². The van der Waals surface area contributed by atoms with E-state index in [1.165, 1.54) is 6.07 Å². The molecular weight excluding hydrogens is 338 g/mol. The molecule has 1 atom stereocenters. The van der Waals surface area contributed by atoms with Crippen molar-refractivity contribution in [2.75, 3.05) is 13.1 Å². The first-order chi connectivity index (χ1) is 9.97. The SMILES string of the molecule is CC(CN1CCCC1=O)NCc1ccc(Br)cc1[N+](=O)[O-]. The number of nitrogens with one attached hydrogen (secondary N) is 1. The molecule has 0 radical (unpaired) electrons. The zero-order valence-electron chi connectivity index (χ0n) is 11.8. The average Bonchev–Trinajstić information content (AvgIpc) is 2.82. The van der Waals surface area contributed by atoms with Crippen molar-refractivity contribution >= 4 is 27.5 Å². The molecule has 6 nitrogen and oxygen atoms in total. The van der Waals surface area contributed by atoms with Crippen molar-refractivity contribution in [3.05, 3.63) is 38.3 Å². The van der Waals surface area contributed by atoms with Gasteiger partial charge in [0.05, 0.1) is 4.92 Å². The van der Waals surface area contributed by atoms with Crippen LogP contribution in [0.3, 0.4) is 0 Å². The van der Waals surface area contributed by atoms with E-state index in [2.05, 4.69) is 21.2 Å². The molecule has 21 heavy (non-hydrogen) atoms. The number of benzene rings is 1. The van der Waals surface area contributed by atoms with Crippen LogP contribution in [0.25, 0.3) is 0 Å². The molecule has 1 saturated heterocycles. The lowest BCUT2D eigenvalue weighted by Crippen LogP contribution is -2.39. The van der Waals surface area contributed by atoms with E-state index in [0.29, 0.717) is 29.5 Å². The number of nitro groups is 1. The lowest BCUT2D eigenvalue weighted by molar-refractivity contribution is -0.385. The maximum absolute atomic E-state index is 11.6. The number of halogens is 1. The normalized spacial score (nSPS) is 16.3. The van der Waals surface area contributed by atoms with Crippen LogP contribution in [0.5, 0.6) is 0 Å². The first-order valence-electron chi connectivity index (χ1n) is 6.91. The average molecular weight is 356 g/mol. The van der Waals surface area contributed by atoms with Crippen molar-refractivity contribution in [3.63, 3.8) is 0 Å². The van der Waals surface area contributed by atoms with Crippen LogP contribution in [0.1, 0.15) is 25.3 Å². The highest BCUT2D eigenvalue weighted by atomic mass is 79.9. The number of amides is 1. The minimum atomic E-state index is -0.379. The summed E-state index contributed by atoms with van der Waals surface area (Å²) in [6, 6.07) is 5.13. The summed E-state index contributed by atoms with van der Waals surface area (Å²) in [6.07, 6.45) is 1.55. The predicted octanol–water partition coefficient (Wildman–Crippen LogP) is 2.46. The summed E-state index contributed by atoms with van der Waals surface area (Å²) < 4.78 is 0.689. The third kappa shape index (κ3) is 4.25. The number of carbonyl (C=O) groups is 1. The van der Waals surface area contributed by atoms with Crippen LogP contribution in [-0.4, -0.2) is 34.9 Å². The molecule has 1 aromatic carbocycles. The number of nitro benzene ring substituents is 1. The molecule has 1 unspecified atom stereocenters. The topological polar surface area (TPSA) is 75.5 Å². The molecule has 114 valence electrons. The zero-order chi connectivity index (χ0) is 15.4. The largest absolute Gasteiger partial charge is 0.341 e. The molecule has 2 rings (SSSR count). The number of rotatable bonds is 6. The summed E-state index contributed by atoms with van der Waals surface area (Å²) in [4.78, 5) is 24.1. The van der Waals surface area contributed by atoms with Crippen LogP contribution in [0.4, 0.5) is 5.69 Å². The Hall–Kier alpha value is -1.47. The molecule has 1 aliphatic rings. The van der Waals surface area contributed by atoms with Gasteiger partial charge in [-0.05, 0) is 25.5 Å². The summed E-state index contributed by atoms with van der Waals surface area (Å²) in [5.41, 5.74) is 0.740. The highest BCUT2D eigenvalue weighted by Crippen LogP contribution is 2.23. The molecule has 0 saturated carbocycles. The van der Waals surface area contributed by atoms with Crippen molar-refractivity contribution in [2.45, 2.75) is 32.4 Å². The van der Waals surface area contributed by atoms with Gasteiger partial charge >= 0.3 is 0 Å². The van der Waals surface area contributed by atoms with Gasteiger partial charge in [0.25, 0.3) is 5.69 Å². The molecule has 1 heterocycles. The number of hydrogen-bond acceptors (Lipinski definition) is 4. The Labute approximate surface area is 131 Å². The van der Waals surface area contributed by atoms with Crippen LogP contribution in [0, 0.1) is 10.1 Å². The molecule has 0 spiro atoms. The monoisotopic (exact) mass is 355 g/mol. The minimum Gasteiger partial charge on any atom is -0.341 e. The Morgan fingerprint density at radius 2 is 2.29 bits per heavy atom. The fraction of sp³-hybridized carbons (Fsp3) is 0.500. The third-order valence-corrected chi connectivity index (χ3v) is 4.04. The highest BCUT2D eigenvalue weighted by Gasteiger charge is 2.22. The first-order valence-corrected chi connectivity index (χ1v) is 7.70. The van der Waals surface area contributed by atoms with Crippen LogP contribution < -0.4 is 5.32 Å². The summed E-state index contributed by atoms with van der Waals surface area (Å²) in [7, 11) is 0. The molecule has 0 bridgehead atoms. The predicted molar refractivity (Wildman–Crippen MR) is 82.9 cm³/mol. The van der Waals surface area contributed by atoms with Crippen molar-refractivity contribution in [3.8, 4) is 0 Å². The molecule has 1 aromatic rings. The summed E-state index contributed by atoms with van der Waals surface area (Å²) in [5, 5.41) is 14.3. The maximum atomic E-state index is 11.6. The Morgan fingerprint density at radius 3 is 2.90 bits per heavy atom. The van der Waals surface area contributed by atoms with E-state index in [1.807, 2.05) is 11.8 Å². The number of likely N-dealkylation sites (tertiary alicyclic amines) is 1. The summed E-state index contributed by atoms with van der Waals surface area (Å²) in [5.74, 6) is 0.193. The molecule has 7 heteroatoms. The highest BCUT2D eigenvalue weighted by molar-refractivity contribution is 9.10.